The fourth-order valence-electron chi connectivity index (χ4n) is 3.91. The first-order valence-corrected chi connectivity index (χ1v) is 10.1. The van der Waals surface area contributed by atoms with E-state index in [4.69, 9.17) is 0 Å². The summed E-state index contributed by atoms with van der Waals surface area (Å²) in [4.78, 5) is 19.1. The van der Waals surface area contributed by atoms with Crippen molar-refractivity contribution >= 4 is 17.3 Å². The number of carbonyl (C=O) groups is 1. The molecule has 1 amide bonds. The molecule has 3 rings (SSSR count). The minimum atomic E-state index is -0.293. The molecular weight excluding hydrogens is 353 g/mol. The molecule has 1 heterocycles. The van der Waals surface area contributed by atoms with Crippen LogP contribution < -0.4 is 9.80 Å². The van der Waals surface area contributed by atoms with Crippen molar-refractivity contribution in [3.63, 3.8) is 0 Å². The molecule has 0 spiro atoms. The Morgan fingerprint density at radius 2 is 1.75 bits per heavy atom. The van der Waals surface area contributed by atoms with Crippen molar-refractivity contribution in [3.05, 3.63) is 59.4 Å². The van der Waals surface area contributed by atoms with Gasteiger partial charge in [-0.05, 0) is 62.2 Å². The average molecular weight is 384 g/mol. The van der Waals surface area contributed by atoms with E-state index in [-0.39, 0.29) is 18.1 Å². The number of piperazine rings is 1. The Bertz CT molecular complexity index is 811. The number of aryl methyl sites for hydroxylation is 1. The van der Waals surface area contributed by atoms with E-state index in [1.807, 2.05) is 4.90 Å². The highest BCUT2D eigenvalue weighted by atomic mass is 19.1. The minimum absolute atomic E-state index is 0.0684. The maximum absolute atomic E-state index is 13.3. The molecule has 5 heteroatoms. The van der Waals surface area contributed by atoms with E-state index in [9.17, 15) is 9.18 Å². The topological polar surface area (TPSA) is 26.8 Å². The van der Waals surface area contributed by atoms with Gasteiger partial charge in [-0.2, -0.15) is 0 Å². The van der Waals surface area contributed by atoms with Crippen LogP contribution in [0.4, 0.5) is 15.8 Å². The molecule has 0 N–H and O–H groups in total. The van der Waals surface area contributed by atoms with Crippen LogP contribution in [0.25, 0.3) is 0 Å². The second-order valence-corrected chi connectivity index (χ2v) is 7.32. The van der Waals surface area contributed by atoms with Crippen LogP contribution in [0.15, 0.2) is 42.5 Å². The third-order valence-electron chi connectivity index (χ3n) is 5.53. The summed E-state index contributed by atoms with van der Waals surface area (Å²) in [6.07, 6.45) is 0.259. The molecule has 1 saturated heterocycles. The lowest BCUT2D eigenvalue weighted by molar-refractivity contribution is -0.130. The summed E-state index contributed by atoms with van der Waals surface area (Å²) < 4.78 is 13.3. The summed E-state index contributed by atoms with van der Waals surface area (Å²) in [5.74, 6) is -0.224. The molecule has 1 aliphatic rings. The van der Waals surface area contributed by atoms with Crippen LogP contribution in [0, 0.1) is 12.7 Å². The van der Waals surface area contributed by atoms with Gasteiger partial charge in [0.05, 0.1) is 6.42 Å². The number of rotatable bonds is 6. The molecule has 0 atom stereocenters. The maximum Gasteiger partial charge on any atom is 0.227 e. The maximum atomic E-state index is 13.3. The van der Waals surface area contributed by atoms with Gasteiger partial charge in [0.2, 0.25) is 5.91 Å². The fourth-order valence-corrected chi connectivity index (χ4v) is 3.91. The van der Waals surface area contributed by atoms with Crippen LogP contribution in [-0.2, 0) is 11.2 Å². The van der Waals surface area contributed by atoms with E-state index in [0.717, 1.165) is 31.7 Å². The highest BCUT2D eigenvalue weighted by Crippen LogP contribution is 2.26. The van der Waals surface area contributed by atoms with Gasteiger partial charge in [-0.1, -0.05) is 12.1 Å². The Labute approximate surface area is 167 Å². The Hall–Kier alpha value is -2.56. The highest BCUT2D eigenvalue weighted by molar-refractivity contribution is 5.79. The zero-order valence-electron chi connectivity index (χ0n) is 17.1. The van der Waals surface area contributed by atoms with Crippen LogP contribution in [0.3, 0.4) is 0 Å². The van der Waals surface area contributed by atoms with Gasteiger partial charge in [0.25, 0.3) is 0 Å². The van der Waals surface area contributed by atoms with Crippen LogP contribution in [0.1, 0.15) is 25.0 Å². The fraction of sp³-hybridized carbons (Fsp3) is 0.435. The number of hydrogen-bond acceptors (Lipinski definition) is 3. The predicted octanol–water partition coefficient (Wildman–Crippen LogP) is 3.87. The molecule has 0 aromatic heterocycles. The van der Waals surface area contributed by atoms with Gasteiger partial charge >= 0.3 is 0 Å². The highest BCUT2D eigenvalue weighted by Gasteiger charge is 2.22. The van der Waals surface area contributed by atoms with E-state index in [1.165, 1.54) is 29.1 Å². The number of amides is 1. The molecule has 28 heavy (non-hydrogen) atoms. The molecule has 1 fully saturated rings. The zero-order chi connectivity index (χ0) is 20.1. The predicted molar refractivity (Wildman–Crippen MR) is 114 cm³/mol. The Kier molecular flexibility index (Phi) is 6.55. The number of benzene rings is 2. The van der Waals surface area contributed by atoms with Gasteiger partial charge in [-0.3, -0.25) is 4.79 Å². The average Bonchev–Trinajstić information content (AvgIpc) is 2.69. The molecule has 1 aliphatic heterocycles. The lowest BCUT2D eigenvalue weighted by Gasteiger charge is -2.37. The summed E-state index contributed by atoms with van der Waals surface area (Å²) in [6.45, 7) is 11.5. The summed E-state index contributed by atoms with van der Waals surface area (Å²) >= 11 is 0. The third kappa shape index (κ3) is 4.64. The van der Waals surface area contributed by atoms with E-state index in [1.54, 1.807) is 12.1 Å². The first-order valence-electron chi connectivity index (χ1n) is 10.1. The van der Waals surface area contributed by atoms with Gasteiger partial charge in [-0.15, -0.1) is 0 Å². The normalized spacial score (nSPS) is 14.3. The largest absolute Gasteiger partial charge is 0.372 e. The standard InChI is InChI=1S/C23H30FN3O/c1-4-25(5-2)21-9-10-22(18(3)15-21)26-11-13-27(14-12-26)23(28)17-19-7-6-8-20(24)16-19/h6-10,15-16H,4-5,11-14,17H2,1-3H3. The van der Waals surface area contributed by atoms with Crippen LogP contribution in [0.2, 0.25) is 0 Å². The van der Waals surface area contributed by atoms with Crippen LogP contribution in [-0.4, -0.2) is 50.1 Å². The molecule has 0 unspecified atom stereocenters. The molecule has 2 aromatic rings. The third-order valence-corrected chi connectivity index (χ3v) is 5.53. The summed E-state index contributed by atoms with van der Waals surface area (Å²) in [6, 6.07) is 12.9. The Morgan fingerprint density at radius 3 is 2.36 bits per heavy atom. The van der Waals surface area contributed by atoms with Crippen molar-refractivity contribution in [2.24, 2.45) is 0 Å². The lowest BCUT2D eigenvalue weighted by atomic mass is 10.1. The molecule has 2 aromatic carbocycles. The molecule has 0 bridgehead atoms. The van der Waals surface area contributed by atoms with E-state index in [2.05, 4.69) is 48.8 Å². The van der Waals surface area contributed by atoms with Gasteiger partial charge in [0.15, 0.2) is 0 Å². The van der Waals surface area contributed by atoms with Crippen LogP contribution in [0.5, 0.6) is 0 Å². The molecule has 0 saturated carbocycles. The zero-order valence-corrected chi connectivity index (χ0v) is 17.1. The summed E-state index contributed by atoms with van der Waals surface area (Å²) in [5.41, 5.74) is 4.50. The van der Waals surface area contributed by atoms with Gasteiger partial charge in [0.1, 0.15) is 5.82 Å². The van der Waals surface area contributed by atoms with E-state index in [0.29, 0.717) is 13.1 Å². The van der Waals surface area contributed by atoms with Crippen molar-refractivity contribution in [2.45, 2.75) is 27.2 Å². The second kappa shape index (κ2) is 9.09. The van der Waals surface area contributed by atoms with E-state index >= 15 is 0 Å². The smallest absolute Gasteiger partial charge is 0.227 e. The van der Waals surface area contributed by atoms with Gasteiger partial charge < -0.3 is 14.7 Å². The first-order chi connectivity index (χ1) is 13.5. The van der Waals surface area contributed by atoms with E-state index < -0.39 is 0 Å². The minimum Gasteiger partial charge on any atom is -0.372 e. The van der Waals surface area contributed by atoms with Crippen LogP contribution >= 0.6 is 0 Å². The van der Waals surface area contributed by atoms with Gasteiger partial charge in [-0.25, -0.2) is 4.39 Å². The molecule has 0 aliphatic carbocycles. The number of hydrogen-bond donors (Lipinski definition) is 0. The quantitative estimate of drug-likeness (QED) is 0.758. The van der Waals surface area contributed by atoms with Crippen molar-refractivity contribution in [1.29, 1.82) is 0 Å². The van der Waals surface area contributed by atoms with Gasteiger partial charge in [0, 0.05) is 50.6 Å². The Morgan fingerprint density at radius 1 is 1.04 bits per heavy atom. The van der Waals surface area contributed by atoms with Crippen molar-refractivity contribution in [2.75, 3.05) is 49.1 Å². The monoisotopic (exact) mass is 383 g/mol. The summed E-state index contributed by atoms with van der Waals surface area (Å²) in [7, 11) is 0. The number of halogens is 1. The second-order valence-electron chi connectivity index (χ2n) is 7.32. The Balaban J connectivity index is 1.60. The molecule has 0 radical (unpaired) electrons. The number of anilines is 2. The first kappa shape index (κ1) is 20.2. The molecular formula is C23H30FN3O. The van der Waals surface area contributed by atoms with Crippen molar-refractivity contribution in [3.8, 4) is 0 Å². The van der Waals surface area contributed by atoms with Crippen molar-refractivity contribution < 1.29 is 9.18 Å². The van der Waals surface area contributed by atoms with Crippen molar-refractivity contribution in [1.82, 2.24) is 4.90 Å². The number of carbonyl (C=O) groups excluding carboxylic acids is 1. The lowest BCUT2D eigenvalue weighted by Crippen LogP contribution is -2.49. The summed E-state index contributed by atoms with van der Waals surface area (Å²) in [5, 5.41) is 0. The molecule has 150 valence electrons. The SMILES string of the molecule is CCN(CC)c1ccc(N2CCN(C(=O)Cc3cccc(F)c3)CC2)c(C)c1. The molecule has 4 nitrogen and oxygen atoms in total. The number of nitrogens with zero attached hydrogens (tertiary/aromatic N) is 3.